The van der Waals surface area contributed by atoms with Gasteiger partial charge in [-0.05, 0) is 158 Å². The van der Waals surface area contributed by atoms with Gasteiger partial charge in [-0.2, -0.15) is 0 Å². The van der Waals surface area contributed by atoms with Crippen LogP contribution in [0, 0.1) is 11.8 Å². The third kappa shape index (κ3) is 7.74. The number of β-amino-alcohol motifs (C(OH)–C–C–N with tert-alkyl or cyclic N) is 1. The zero-order chi connectivity index (χ0) is 45.4. The first kappa shape index (κ1) is 44.3. The summed E-state index contributed by atoms with van der Waals surface area (Å²) in [5, 5.41) is 28.1. The molecule has 2 saturated heterocycles. The smallest absolute Gasteiger partial charge is 0.126 e. The number of aliphatic hydroxyl groups is 2. The van der Waals surface area contributed by atoms with E-state index in [0.29, 0.717) is 52.7 Å². The first-order valence-corrected chi connectivity index (χ1v) is 26.7. The molecule has 4 bridgehead atoms. The SMILES string of the molecule is C[C@@H]1CC2=C(Cc3ccccc32)[C@@H](c2ccc(NC3CN(CCO)C3)nc2)N1C12CC(C1)C2.C[C@@H]1CC2=C(Cc3ccccc32)[C@@H](c2ccc(NC3CNC3)nc2)N1C12CC(C1)C2.OCCBr. The number of nitrogens with one attached hydrogen (secondary N) is 3. The number of rotatable bonds is 11. The van der Waals surface area contributed by atoms with Crippen LogP contribution in [0.15, 0.2) is 96.3 Å². The molecule has 4 aromatic rings. The lowest BCUT2D eigenvalue weighted by Crippen LogP contribution is -2.71. The van der Waals surface area contributed by atoms with E-state index < -0.39 is 0 Å². The number of benzene rings is 2. The molecule has 0 unspecified atom stereocenters. The molecule has 10 nitrogen and oxygen atoms in total. The highest BCUT2D eigenvalue weighted by atomic mass is 79.9. The summed E-state index contributed by atoms with van der Waals surface area (Å²) in [5.74, 6) is 3.95. The fourth-order valence-corrected chi connectivity index (χ4v) is 14.3. The molecule has 16 rings (SSSR count). The first-order valence-electron chi connectivity index (χ1n) is 25.6. The summed E-state index contributed by atoms with van der Waals surface area (Å²) in [6, 6.07) is 30.0. The predicted molar refractivity (Wildman–Crippen MR) is 272 cm³/mol. The molecule has 5 N–H and O–H groups in total. The number of anilines is 2. The number of pyridine rings is 2. The second-order valence-corrected chi connectivity index (χ2v) is 22.8. The molecule has 4 atom stereocenters. The molecule has 8 fully saturated rings. The maximum Gasteiger partial charge on any atom is 0.126 e. The van der Waals surface area contributed by atoms with Crippen LogP contribution in [0.3, 0.4) is 0 Å². The minimum absolute atomic E-state index is 0.236. The van der Waals surface area contributed by atoms with Gasteiger partial charge in [-0.25, -0.2) is 9.97 Å². The van der Waals surface area contributed by atoms with E-state index in [-0.39, 0.29) is 13.2 Å². The second-order valence-electron chi connectivity index (χ2n) is 22.0. The highest BCUT2D eigenvalue weighted by Gasteiger charge is 2.64. The molecule has 0 spiro atoms. The number of likely N-dealkylation sites (tertiary alicyclic amines) is 1. The van der Waals surface area contributed by atoms with Gasteiger partial charge in [-0.15, -0.1) is 0 Å². The Morgan fingerprint density at radius 3 is 1.48 bits per heavy atom. The highest BCUT2D eigenvalue weighted by Crippen LogP contribution is 2.67. The monoisotopic (exact) mass is 964 g/mol. The summed E-state index contributed by atoms with van der Waals surface area (Å²) in [7, 11) is 0. The minimum Gasteiger partial charge on any atom is -0.396 e. The van der Waals surface area contributed by atoms with Gasteiger partial charge in [-0.3, -0.25) is 14.7 Å². The Morgan fingerprint density at radius 2 is 1.10 bits per heavy atom. The molecular formula is C56H69BrN8O2. The van der Waals surface area contributed by atoms with E-state index in [0.717, 1.165) is 69.0 Å². The van der Waals surface area contributed by atoms with Crippen molar-refractivity contribution in [3.8, 4) is 0 Å². The van der Waals surface area contributed by atoms with Crippen LogP contribution in [0.2, 0.25) is 0 Å². The molecule has 2 aromatic heterocycles. The van der Waals surface area contributed by atoms with Crippen molar-refractivity contribution >= 4 is 38.7 Å². The lowest BCUT2D eigenvalue weighted by molar-refractivity contribution is -0.173. The van der Waals surface area contributed by atoms with Crippen LogP contribution in [0.25, 0.3) is 11.1 Å². The summed E-state index contributed by atoms with van der Waals surface area (Å²) in [6.07, 6.45) is 17.2. The fraction of sp³-hybridized carbons (Fsp3) is 0.536. The Kier molecular flexibility index (Phi) is 11.8. The first-order chi connectivity index (χ1) is 32.7. The van der Waals surface area contributed by atoms with E-state index in [4.69, 9.17) is 20.2 Å². The summed E-state index contributed by atoms with van der Waals surface area (Å²) >= 11 is 3.00. The maximum absolute atomic E-state index is 9.09. The van der Waals surface area contributed by atoms with Crippen LogP contribution in [0.5, 0.6) is 0 Å². The lowest BCUT2D eigenvalue weighted by atomic mass is 9.48. The maximum atomic E-state index is 9.09. The van der Waals surface area contributed by atoms with Gasteiger partial charge in [0.2, 0.25) is 0 Å². The second kappa shape index (κ2) is 17.8. The molecule has 12 aliphatic rings. The van der Waals surface area contributed by atoms with Crippen molar-refractivity contribution in [2.45, 2.75) is 125 Å². The Morgan fingerprint density at radius 1 is 0.642 bits per heavy atom. The summed E-state index contributed by atoms with van der Waals surface area (Å²) in [6.45, 7) is 10.2. The van der Waals surface area contributed by atoms with E-state index in [1.807, 2.05) is 0 Å². The molecule has 8 aliphatic carbocycles. The fourth-order valence-electron chi connectivity index (χ4n) is 14.3. The van der Waals surface area contributed by atoms with Crippen LogP contribution in [0.1, 0.15) is 111 Å². The van der Waals surface area contributed by atoms with E-state index in [2.05, 4.69) is 146 Å². The van der Waals surface area contributed by atoms with Crippen LogP contribution >= 0.6 is 15.9 Å². The highest BCUT2D eigenvalue weighted by molar-refractivity contribution is 9.09. The molecular weight excluding hydrogens is 897 g/mol. The normalized spacial score (nSPS) is 32.2. The van der Waals surface area contributed by atoms with Gasteiger partial charge in [-0.1, -0.05) is 76.6 Å². The standard InChI is InChI=1S/C28H34N4O.C26H30N4.C2H5BrO/c1-18-10-24-23-5-3-2-4-20(23)11-25(24)27(32(18)28-12-19(13-28)14-28)21-6-7-26(29-15-21)30-22-16-31(17-22)8-9-33;1-16-8-22-21-5-3-2-4-18(21)9-23(22)25(30(16)26-10-17(11-26)12-26)19-6-7-24(28-13-19)29-20-14-27-15-20;3-1-2-4/h2-7,15,18-19,22,27,33H,8-14,16-17H2,1H3,(H,29,30);2-7,13,16-17,20,25,27H,8-12,14-15H2,1H3,(H,28,29);4H,1-2H2/t18-,19?,27-,28?;16-,17?,25-,26?;/m11./s1. The Bertz CT molecular complexity index is 2500. The molecule has 6 heterocycles. The number of halogens is 1. The zero-order valence-corrected chi connectivity index (χ0v) is 41.0. The van der Waals surface area contributed by atoms with E-state index >= 15 is 0 Å². The van der Waals surface area contributed by atoms with Gasteiger partial charge in [0.1, 0.15) is 11.6 Å². The van der Waals surface area contributed by atoms with Crippen molar-refractivity contribution in [1.82, 2.24) is 30.0 Å². The number of nitrogens with zero attached hydrogens (tertiary/aromatic N) is 5. The number of aromatic nitrogens is 2. The average molecular weight is 966 g/mol. The van der Waals surface area contributed by atoms with Gasteiger partial charge in [0.25, 0.3) is 0 Å². The van der Waals surface area contributed by atoms with Crippen molar-refractivity contribution in [2.75, 3.05) is 61.9 Å². The molecule has 352 valence electrons. The Balaban J connectivity index is 0.000000130. The number of aliphatic hydroxyl groups excluding tert-OH is 2. The van der Waals surface area contributed by atoms with Crippen LogP contribution < -0.4 is 16.0 Å². The van der Waals surface area contributed by atoms with Crippen molar-refractivity contribution in [1.29, 1.82) is 0 Å². The van der Waals surface area contributed by atoms with E-state index in [1.54, 1.807) is 22.3 Å². The molecule has 0 radical (unpaired) electrons. The van der Waals surface area contributed by atoms with Gasteiger partial charge in [0.15, 0.2) is 0 Å². The predicted octanol–water partition coefficient (Wildman–Crippen LogP) is 8.40. The molecule has 6 saturated carbocycles. The number of alkyl halides is 1. The lowest BCUT2D eigenvalue weighted by Gasteiger charge is -2.70. The van der Waals surface area contributed by atoms with Crippen molar-refractivity contribution in [3.63, 3.8) is 0 Å². The topological polar surface area (TPSA) is 112 Å². The van der Waals surface area contributed by atoms with Crippen LogP contribution in [-0.2, 0) is 12.8 Å². The molecule has 2 aromatic carbocycles. The van der Waals surface area contributed by atoms with Crippen LogP contribution in [-0.4, -0.2) is 121 Å². The molecule has 0 amide bonds. The van der Waals surface area contributed by atoms with Gasteiger partial charge < -0.3 is 26.2 Å². The summed E-state index contributed by atoms with van der Waals surface area (Å²) in [4.78, 5) is 17.8. The largest absolute Gasteiger partial charge is 0.396 e. The summed E-state index contributed by atoms with van der Waals surface area (Å²) < 4.78 is 0. The minimum atomic E-state index is 0.236. The average Bonchev–Trinajstić information content (AvgIpc) is 3.81. The van der Waals surface area contributed by atoms with Crippen molar-refractivity contribution in [3.05, 3.63) is 130 Å². The van der Waals surface area contributed by atoms with Gasteiger partial charge in [0, 0.05) is 73.6 Å². The van der Waals surface area contributed by atoms with E-state index in [9.17, 15) is 0 Å². The zero-order valence-electron chi connectivity index (χ0n) is 39.4. The van der Waals surface area contributed by atoms with Crippen molar-refractivity contribution < 1.29 is 10.2 Å². The molecule has 67 heavy (non-hydrogen) atoms. The van der Waals surface area contributed by atoms with Gasteiger partial charge >= 0.3 is 0 Å². The summed E-state index contributed by atoms with van der Waals surface area (Å²) in [5.41, 5.74) is 16.1. The quantitative estimate of drug-likeness (QED) is 0.0941. The third-order valence-corrected chi connectivity index (χ3v) is 18.0. The number of fused-ring (bicyclic) bond motifs is 4. The van der Waals surface area contributed by atoms with E-state index in [1.165, 1.54) is 84.7 Å². The molecule has 4 aliphatic heterocycles. The van der Waals surface area contributed by atoms with Gasteiger partial charge in [0.05, 0.1) is 37.4 Å². The number of hydrogen-bond donors (Lipinski definition) is 5. The van der Waals surface area contributed by atoms with Crippen LogP contribution in [0.4, 0.5) is 11.6 Å². The number of hydrogen-bond acceptors (Lipinski definition) is 10. The Hall–Kier alpha value is -3.94. The molecule has 11 heteroatoms. The Labute approximate surface area is 405 Å². The van der Waals surface area contributed by atoms with Crippen molar-refractivity contribution in [2.24, 2.45) is 11.8 Å². The third-order valence-electron chi connectivity index (χ3n) is 17.6.